The number of nitrogens with one attached hydrogen (secondary N) is 1. The Balaban J connectivity index is 1.63. The van der Waals surface area contributed by atoms with Crippen LogP contribution in [0.1, 0.15) is 34.5 Å². The van der Waals surface area contributed by atoms with Gasteiger partial charge in [-0.05, 0) is 62.1 Å². The Bertz CT molecular complexity index is 1050. The number of hydrogen-bond donors (Lipinski definition) is 2. The number of fused-ring (bicyclic) bond motifs is 1. The third-order valence-electron chi connectivity index (χ3n) is 4.96. The number of carbonyl (C=O) groups excluding carboxylic acids is 1. The molecule has 0 aliphatic heterocycles. The Morgan fingerprint density at radius 3 is 2.67 bits per heavy atom. The van der Waals surface area contributed by atoms with Gasteiger partial charge in [-0.25, -0.2) is 4.98 Å². The first-order valence-corrected chi connectivity index (χ1v) is 10.3. The second-order valence-corrected chi connectivity index (χ2v) is 7.54. The zero-order valence-corrected chi connectivity index (χ0v) is 17.2. The van der Waals surface area contributed by atoms with Crippen LogP contribution in [0.2, 0.25) is 5.02 Å². The van der Waals surface area contributed by atoms with Gasteiger partial charge < -0.3 is 15.2 Å². The van der Waals surface area contributed by atoms with Crippen molar-refractivity contribution in [1.82, 2.24) is 15.3 Å². The van der Waals surface area contributed by atoms with Gasteiger partial charge in [-0.1, -0.05) is 23.7 Å². The van der Waals surface area contributed by atoms with Crippen LogP contribution < -0.4 is 10.1 Å². The number of halogens is 1. The summed E-state index contributed by atoms with van der Waals surface area (Å²) in [5, 5.41) is 12.1. The number of aliphatic hydroxyl groups is 1. The monoisotopic (exact) mass is 423 g/mol. The third-order valence-corrected chi connectivity index (χ3v) is 5.19. The lowest BCUT2D eigenvalue weighted by atomic mass is 9.96. The zero-order chi connectivity index (χ0) is 20.9. The van der Waals surface area contributed by atoms with Gasteiger partial charge in [-0.2, -0.15) is 4.98 Å². The summed E-state index contributed by atoms with van der Waals surface area (Å²) in [6.07, 6.45) is 3.94. The average Bonchev–Trinajstić information content (AvgIpc) is 2.78. The first kappa shape index (κ1) is 20.3. The molecule has 0 unspecified atom stereocenters. The second-order valence-electron chi connectivity index (χ2n) is 7.10. The van der Waals surface area contributed by atoms with Gasteiger partial charge in [0.25, 0.3) is 5.91 Å². The van der Waals surface area contributed by atoms with Crippen molar-refractivity contribution in [2.45, 2.75) is 25.7 Å². The van der Waals surface area contributed by atoms with Crippen molar-refractivity contribution >= 4 is 17.5 Å². The molecule has 1 aromatic heterocycles. The van der Waals surface area contributed by atoms with Crippen molar-refractivity contribution in [3.63, 3.8) is 0 Å². The minimum Gasteiger partial charge on any atom is -0.439 e. The van der Waals surface area contributed by atoms with E-state index in [4.69, 9.17) is 31.4 Å². The predicted octanol–water partition coefficient (Wildman–Crippen LogP) is 4.19. The second kappa shape index (κ2) is 9.24. The van der Waals surface area contributed by atoms with E-state index in [-0.39, 0.29) is 19.1 Å². The van der Waals surface area contributed by atoms with Gasteiger partial charge in [0.05, 0.1) is 12.3 Å². The van der Waals surface area contributed by atoms with Crippen LogP contribution in [0.4, 0.5) is 0 Å². The minimum atomic E-state index is -0.238. The van der Waals surface area contributed by atoms with E-state index < -0.39 is 0 Å². The Hall–Kier alpha value is -2.96. The van der Waals surface area contributed by atoms with Crippen LogP contribution in [0.3, 0.4) is 0 Å². The Labute approximate surface area is 179 Å². The summed E-state index contributed by atoms with van der Waals surface area (Å²) in [6, 6.07) is 14.3. The van der Waals surface area contributed by atoms with E-state index in [0.29, 0.717) is 28.0 Å². The fourth-order valence-corrected chi connectivity index (χ4v) is 3.65. The molecule has 3 aromatic rings. The molecule has 30 heavy (non-hydrogen) atoms. The summed E-state index contributed by atoms with van der Waals surface area (Å²) >= 11 is 6.15. The fourth-order valence-electron chi connectivity index (χ4n) is 3.46. The summed E-state index contributed by atoms with van der Waals surface area (Å²) in [4.78, 5) is 21.5. The van der Waals surface area contributed by atoms with Crippen LogP contribution in [-0.4, -0.2) is 34.1 Å². The quantitative estimate of drug-likeness (QED) is 0.621. The Kier molecular flexibility index (Phi) is 6.26. The van der Waals surface area contributed by atoms with Crippen LogP contribution in [-0.2, 0) is 12.8 Å². The third kappa shape index (κ3) is 4.61. The van der Waals surface area contributed by atoms with Crippen LogP contribution in [0.5, 0.6) is 11.6 Å². The molecule has 2 aromatic carbocycles. The first-order chi connectivity index (χ1) is 14.6. The van der Waals surface area contributed by atoms with Gasteiger partial charge in [0.15, 0.2) is 5.82 Å². The van der Waals surface area contributed by atoms with E-state index in [1.165, 1.54) is 0 Å². The zero-order valence-electron chi connectivity index (χ0n) is 16.4. The highest BCUT2D eigenvalue weighted by atomic mass is 35.5. The van der Waals surface area contributed by atoms with Crippen molar-refractivity contribution in [1.29, 1.82) is 0 Å². The lowest BCUT2D eigenvalue weighted by Crippen LogP contribution is -2.26. The summed E-state index contributed by atoms with van der Waals surface area (Å²) in [7, 11) is 0. The fraction of sp³-hybridized carbons (Fsp3) is 0.261. The molecule has 7 heteroatoms. The molecule has 0 bridgehead atoms. The lowest BCUT2D eigenvalue weighted by Gasteiger charge is -2.19. The number of benzene rings is 2. The smallest absolute Gasteiger partial charge is 0.251 e. The summed E-state index contributed by atoms with van der Waals surface area (Å²) in [5.74, 6) is 1.50. The van der Waals surface area contributed by atoms with Gasteiger partial charge in [-0.15, -0.1) is 0 Å². The number of nitrogens with zero attached hydrogens (tertiary/aromatic N) is 2. The normalized spacial score (nSPS) is 12.9. The molecule has 0 saturated heterocycles. The van der Waals surface area contributed by atoms with Crippen LogP contribution in [0, 0.1) is 0 Å². The van der Waals surface area contributed by atoms with Gasteiger partial charge in [0, 0.05) is 28.3 Å². The highest BCUT2D eigenvalue weighted by Gasteiger charge is 2.20. The molecule has 154 valence electrons. The number of rotatable bonds is 6. The van der Waals surface area contributed by atoms with Gasteiger partial charge in [0.2, 0.25) is 5.88 Å². The number of aliphatic hydroxyl groups excluding tert-OH is 1. The van der Waals surface area contributed by atoms with E-state index in [1.54, 1.807) is 24.3 Å². The first-order valence-electron chi connectivity index (χ1n) is 9.97. The Morgan fingerprint density at radius 1 is 1.10 bits per heavy atom. The highest BCUT2D eigenvalue weighted by Crippen LogP contribution is 2.33. The van der Waals surface area contributed by atoms with Crippen LogP contribution >= 0.6 is 11.6 Å². The number of carbonyl (C=O) groups is 1. The summed E-state index contributed by atoms with van der Waals surface area (Å²) in [6.45, 7) is 0.122. The van der Waals surface area contributed by atoms with E-state index in [9.17, 15) is 4.79 Å². The molecule has 1 aliphatic rings. The number of aryl methyl sites for hydroxylation is 1. The van der Waals surface area contributed by atoms with E-state index in [0.717, 1.165) is 42.5 Å². The molecule has 0 radical (unpaired) electrons. The van der Waals surface area contributed by atoms with Crippen molar-refractivity contribution in [3.05, 3.63) is 70.4 Å². The maximum atomic E-state index is 12.0. The predicted molar refractivity (Wildman–Crippen MR) is 115 cm³/mol. The average molecular weight is 424 g/mol. The number of aromatic nitrogens is 2. The van der Waals surface area contributed by atoms with Gasteiger partial charge in [-0.3, -0.25) is 4.79 Å². The van der Waals surface area contributed by atoms with Crippen molar-refractivity contribution in [3.8, 4) is 23.0 Å². The van der Waals surface area contributed by atoms with Gasteiger partial charge >= 0.3 is 0 Å². The maximum Gasteiger partial charge on any atom is 0.251 e. The van der Waals surface area contributed by atoms with Gasteiger partial charge in [0.1, 0.15) is 5.75 Å². The molecule has 1 amide bonds. The molecule has 0 fully saturated rings. The van der Waals surface area contributed by atoms with Crippen molar-refractivity contribution < 1.29 is 14.6 Å². The molecule has 2 N–H and O–H groups in total. The molecule has 0 spiro atoms. The maximum absolute atomic E-state index is 12.0. The van der Waals surface area contributed by atoms with Crippen LogP contribution in [0.15, 0.2) is 48.5 Å². The lowest BCUT2D eigenvalue weighted by molar-refractivity contribution is 0.0945. The van der Waals surface area contributed by atoms with Crippen LogP contribution in [0.25, 0.3) is 11.4 Å². The van der Waals surface area contributed by atoms with Crippen molar-refractivity contribution in [2.75, 3.05) is 13.2 Å². The molecular formula is C23H22ClN3O3. The topological polar surface area (TPSA) is 84.3 Å². The number of amides is 1. The molecule has 1 aliphatic carbocycles. The largest absolute Gasteiger partial charge is 0.439 e. The van der Waals surface area contributed by atoms with E-state index >= 15 is 0 Å². The molecule has 4 rings (SSSR count). The summed E-state index contributed by atoms with van der Waals surface area (Å²) in [5.41, 5.74) is 3.40. The van der Waals surface area contributed by atoms with Crippen molar-refractivity contribution in [2.24, 2.45) is 0 Å². The van der Waals surface area contributed by atoms with E-state index in [1.807, 2.05) is 24.3 Å². The Morgan fingerprint density at radius 2 is 1.90 bits per heavy atom. The molecule has 1 heterocycles. The standard InChI is InChI=1S/C23H22ClN3O3/c24-17-5-3-4-16(14-17)21-26-20-7-2-1-6-19(20)23(27-21)30-18-10-8-15(9-11-18)22(29)25-12-13-28/h3-5,8-11,14,28H,1-2,6-7,12-13H2,(H,25,29). The summed E-state index contributed by atoms with van der Waals surface area (Å²) < 4.78 is 6.13. The highest BCUT2D eigenvalue weighted by molar-refractivity contribution is 6.30. The SMILES string of the molecule is O=C(NCCO)c1ccc(Oc2nc(-c3cccc(Cl)c3)nc3c2CCCC3)cc1. The van der Waals surface area contributed by atoms with E-state index in [2.05, 4.69) is 5.32 Å². The molecule has 0 atom stereocenters. The minimum absolute atomic E-state index is 0.0965. The number of ether oxygens (including phenoxy) is 1. The molecular weight excluding hydrogens is 402 g/mol. The molecule has 0 saturated carbocycles. The number of hydrogen-bond acceptors (Lipinski definition) is 5. The molecule has 6 nitrogen and oxygen atoms in total.